The van der Waals surface area contributed by atoms with Crippen molar-refractivity contribution in [3.8, 4) is 17.3 Å². The van der Waals surface area contributed by atoms with E-state index in [2.05, 4.69) is 11.4 Å². The van der Waals surface area contributed by atoms with Gasteiger partial charge in [0.1, 0.15) is 5.69 Å². The van der Waals surface area contributed by atoms with Crippen molar-refractivity contribution in [1.29, 1.82) is 5.26 Å². The van der Waals surface area contributed by atoms with Gasteiger partial charge in [-0.25, -0.2) is 0 Å². The minimum Gasteiger partial charge on any atom is -0.351 e. The lowest BCUT2D eigenvalue weighted by Crippen LogP contribution is -2.27. The molecule has 0 spiro atoms. The van der Waals surface area contributed by atoms with E-state index in [1.807, 2.05) is 37.6 Å². The van der Waals surface area contributed by atoms with Crippen LogP contribution in [0.3, 0.4) is 0 Å². The summed E-state index contributed by atoms with van der Waals surface area (Å²) in [7, 11) is 0. The van der Waals surface area contributed by atoms with Gasteiger partial charge in [0, 0.05) is 23.7 Å². The second-order valence-corrected chi connectivity index (χ2v) is 6.47. The van der Waals surface area contributed by atoms with E-state index >= 15 is 0 Å². The van der Waals surface area contributed by atoms with Crippen LogP contribution in [0.1, 0.15) is 67.2 Å². The first-order chi connectivity index (χ1) is 11.6. The Kier molecular flexibility index (Phi) is 4.39. The fourth-order valence-corrected chi connectivity index (χ4v) is 2.97. The van der Waals surface area contributed by atoms with Crippen LogP contribution < -0.4 is 5.32 Å². The Morgan fingerprint density at radius 2 is 2.04 bits per heavy atom. The second kappa shape index (κ2) is 6.48. The maximum atomic E-state index is 12.7. The molecular weight excluding hydrogens is 300 g/mol. The van der Waals surface area contributed by atoms with Crippen LogP contribution in [-0.2, 0) is 0 Å². The van der Waals surface area contributed by atoms with E-state index in [4.69, 9.17) is 10.4 Å². The molecule has 1 heterocycles. The van der Waals surface area contributed by atoms with Gasteiger partial charge in [-0.1, -0.05) is 12.1 Å². The van der Waals surface area contributed by atoms with Gasteiger partial charge in [-0.2, -0.15) is 10.4 Å². The van der Waals surface area contributed by atoms with Crippen molar-refractivity contribution in [1.82, 2.24) is 15.1 Å². The van der Waals surface area contributed by atoms with E-state index in [1.54, 1.807) is 12.1 Å². The molecule has 0 radical (unpaired) electrons. The third-order valence-corrected chi connectivity index (χ3v) is 4.26. The number of carbonyl (C=O) groups excluding carboxylic acids is 1. The molecule has 5 nitrogen and oxygen atoms in total. The molecule has 24 heavy (non-hydrogen) atoms. The van der Waals surface area contributed by atoms with E-state index < -0.39 is 0 Å². The molecule has 124 valence electrons. The fraction of sp³-hybridized carbons (Fsp3) is 0.421. The van der Waals surface area contributed by atoms with Crippen LogP contribution >= 0.6 is 0 Å². The van der Waals surface area contributed by atoms with E-state index in [1.165, 1.54) is 0 Å². The molecule has 5 heteroatoms. The number of hydrogen-bond donors (Lipinski definition) is 1. The smallest absolute Gasteiger partial charge is 0.269 e. The van der Waals surface area contributed by atoms with Crippen LogP contribution in [0.25, 0.3) is 11.3 Å². The molecule has 1 aliphatic rings. The Bertz CT molecular complexity index is 792. The first-order valence-corrected chi connectivity index (χ1v) is 8.48. The highest BCUT2D eigenvalue weighted by molar-refractivity contribution is 5.96. The Balaban J connectivity index is 2.16. The lowest BCUT2D eigenvalue weighted by molar-refractivity contribution is 0.0942. The van der Waals surface area contributed by atoms with Crippen LogP contribution in [0.15, 0.2) is 24.3 Å². The average molecular weight is 322 g/mol. The topological polar surface area (TPSA) is 70.7 Å². The summed E-state index contributed by atoms with van der Waals surface area (Å²) in [6.07, 6.45) is 2.19. The van der Waals surface area contributed by atoms with Gasteiger partial charge in [-0.3, -0.25) is 9.48 Å². The first kappa shape index (κ1) is 16.3. The zero-order chi connectivity index (χ0) is 17.3. The molecule has 0 bridgehead atoms. The zero-order valence-corrected chi connectivity index (χ0v) is 14.3. The van der Waals surface area contributed by atoms with Crippen molar-refractivity contribution in [3.05, 3.63) is 41.1 Å². The number of nitrogens with one attached hydrogen (secondary N) is 1. The minimum absolute atomic E-state index is 0.0551. The van der Waals surface area contributed by atoms with Crippen LogP contribution in [0.2, 0.25) is 0 Å². The number of rotatable bonds is 5. The van der Waals surface area contributed by atoms with Crippen LogP contribution in [0.4, 0.5) is 0 Å². The van der Waals surface area contributed by atoms with Gasteiger partial charge in [0.25, 0.3) is 5.91 Å². The van der Waals surface area contributed by atoms with Crippen LogP contribution in [-0.4, -0.2) is 22.2 Å². The molecule has 0 saturated heterocycles. The quantitative estimate of drug-likeness (QED) is 0.913. The zero-order valence-electron chi connectivity index (χ0n) is 14.3. The third kappa shape index (κ3) is 2.92. The highest BCUT2D eigenvalue weighted by Gasteiger charge is 2.35. The van der Waals surface area contributed by atoms with Gasteiger partial charge >= 0.3 is 0 Å². The van der Waals surface area contributed by atoms with Crippen molar-refractivity contribution in [2.45, 2.75) is 45.6 Å². The summed E-state index contributed by atoms with van der Waals surface area (Å²) in [5, 5.41) is 16.7. The molecule has 1 aromatic heterocycles. The number of aromatic nitrogens is 2. The lowest BCUT2D eigenvalue weighted by Gasteiger charge is -2.11. The molecule has 0 unspecified atom stereocenters. The van der Waals surface area contributed by atoms with Crippen molar-refractivity contribution >= 4 is 5.91 Å². The Morgan fingerprint density at radius 3 is 2.54 bits per heavy atom. The molecule has 1 saturated carbocycles. The van der Waals surface area contributed by atoms with E-state index in [0.29, 0.717) is 23.7 Å². The lowest BCUT2D eigenvalue weighted by atomic mass is 10.0. The summed E-state index contributed by atoms with van der Waals surface area (Å²) in [6.45, 7) is 6.59. The SMILES string of the molecule is CCNC(=O)c1c(C2CC2)c(-c2ccc(C#N)cc2)nn1C(C)C. The number of hydrogen-bond acceptors (Lipinski definition) is 3. The van der Waals surface area contributed by atoms with Crippen LogP contribution in [0, 0.1) is 11.3 Å². The molecule has 1 aliphatic carbocycles. The van der Waals surface area contributed by atoms with Crippen molar-refractivity contribution in [3.63, 3.8) is 0 Å². The number of carbonyl (C=O) groups is 1. The molecule has 1 N–H and O–H groups in total. The van der Waals surface area contributed by atoms with Gasteiger partial charge in [-0.15, -0.1) is 0 Å². The van der Waals surface area contributed by atoms with Gasteiger partial charge in [0.2, 0.25) is 0 Å². The summed E-state index contributed by atoms with van der Waals surface area (Å²) in [5.74, 6) is 0.348. The summed E-state index contributed by atoms with van der Waals surface area (Å²) in [6, 6.07) is 9.67. The van der Waals surface area contributed by atoms with Gasteiger partial charge in [0.05, 0.1) is 17.3 Å². The fourth-order valence-electron chi connectivity index (χ4n) is 2.97. The second-order valence-electron chi connectivity index (χ2n) is 6.47. The summed E-state index contributed by atoms with van der Waals surface area (Å²) < 4.78 is 1.84. The first-order valence-electron chi connectivity index (χ1n) is 8.48. The summed E-state index contributed by atoms with van der Waals surface area (Å²) in [4.78, 5) is 12.7. The summed E-state index contributed by atoms with van der Waals surface area (Å²) in [5.41, 5.74) is 4.20. The number of nitriles is 1. The molecule has 1 aromatic carbocycles. The van der Waals surface area contributed by atoms with Gasteiger partial charge in [0.15, 0.2) is 0 Å². The average Bonchev–Trinajstić information content (AvgIpc) is 3.34. The van der Waals surface area contributed by atoms with Crippen molar-refractivity contribution in [2.24, 2.45) is 0 Å². The molecule has 0 aliphatic heterocycles. The Hall–Kier alpha value is -2.61. The number of benzene rings is 1. The minimum atomic E-state index is -0.0551. The van der Waals surface area contributed by atoms with E-state index in [9.17, 15) is 4.79 Å². The predicted octanol–water partition coefficient (Wildman–Crippen LogP) is 3.63. The maximum Gasteiger partial charge on any atom is 0.269 e. The molecule has 1 fully saturated rings. The largest absolute Gasteiger partial charge is 0.351 e. The summed E-state index contributed by atoms with van der Waals surface area (Å²) >= 11 is 0. The molecule has 0 atom stereocenters. The predicted molar refractivity (Wildman–Crippen MR) is 92.7 cm³/mol. The Labute approximate surface area is 142 Å². The molecule has 3 rings (SSSR count). The van der Waals surface area contributed by atoms with Crippen LogP contribution in [0.5, 0.6) is 0 Å². The highest BCUT2D eigenvalue weighted by Crippen LogP contribution is 2.46. The Morgan fingerprint density at radius 1 is 1.38 bits per heavy atom. The third-order valence-electron chi connectivity index (χ3n) is 4.26. The van der Waals surface area contributed by atoms with E-state index in [-0.39, 0.29) is 11.9 Å². The number of nitrogens with zero attached hydrogens (tertiary/aromatic N) is 3. The standard InChI is InChI=1S/C19H22N4O/c1-4-21-19(24)18-16(14-9-10-14)17(22-23(18)12(2)3)15-7-5-13(11-20)6-8-15/h5-8,12,14H,4,9-10H2,1-3H3,(H,21,24). The van der Waals surface area contributed by atoms with E-state index in [0.717, 1.165) is 29.7 Å². The molecule has 2 aromatic rings. The van der Waals surface area contributed by atoms with Gasteiger partial charge in [-0.05, 0) is 51.7 Å². The molecular formula is C19H22N4O. The maximum absolute atomic E-state index is 12.7. The monoisotopic (exact) mass is 322 g/mol. The van der Waals surface area contributed by atoms with Crippen molar-refractivity contribution < 1.29 is 4.79 Å². The normalized spacial score (nSPS) is 13.8. The highest BCUT2D eigenvalue weighted by atomic mass is 16.2. The number of amides is 1. The molecule has 1 amide bonds. The van der Waals surface area contributed by atoms with Gasteiger partial charge < -0.3 is 5.32 Å². The van der Waals surface area contributed by atoms with Crippen molar-refractivity contribution in [2.75, 3.05) is 6.54 Å².